The number of rotatable bonds is 2. The third-order valence-electron chi connectivity index (χ3n) is 6.98. The monoisotopic (exact) mass is 558 g/mol. The van der Waals surface area contributed by atoms with E-state index in [4.69, 9.17) is 26.8 Å². The van der Waals surface area contributed by atoms with Crippen LogP contribution in [0.2, 0.25) is 5.02 Å². The van der Waals surface area contributed by atoms with Crippen molar-refractivity contribution < 1.29 is 32.6 Å². The van der Waals surface area contributed by atoms with E-state index in [-0.39, 0.29) is 86.7 Å². The molecule has 0 radical (unpaired) electrons. The molecule has 194 valence electrons. The minimum atomic E-state index is -0.855. The van der Waals surface area contributed by atoms with Crippen LogP contribution in [-0.4, -0.2) is 66.0 Å². The van der Waals surface area contributed by atoms with E-state index in [1.165, 1.54) is 15.9 Å². The molecule has 0 bridgehead atoms. The van der Waals surface area contributed by atoms with Gasteiger partial charge in [0.15, 0.2) is 11.9 Å². The number of fused-ring (bicyclic) bond motifs is 3. The number of benzene rings is 2. The fourth-order valence-electron chi connectivity index (χ4n) is 5.10. The highest BCUT2D eigenvalue weighted by molar-refractivity contribution is 7.23. The molecule has 3 aliphatic rings. The average Bonchev–Trinajstić information content (AvgIpc) is 3.16. The first-order valence-electron chi connectivity index (χ1n) is 11.5. The average molecular weight is 559 g/mol. The fraction of sp³-hybridized carbons (Fsp3) is 0.280. The lowest BCUT2D eigenvalue weighted by Crippen LogP contribution is -2.60. The number of hydrogen-bond acceptors (Lipinski definition) is 8. The first kappa shape index (κ1) is 24.4. The number of nitrogens with zero attached hydrogens (tertiary/aromatic N) is 3. The van der Waals surface area contributed by atoms with E-state index in [2.05, 4.69) is 0 Å². The van der Waals surface area contributed by atoms with Gasteiger partial charge in [-0.25, -0.2) is 8.78 Å². The van der Waals surface area contributed by atoms with Crippen molar-refractivity contribution in [2.24, 2.45) is 0 Å². The van der Waals surface area contributed by atoms with Gasteiger partial charge >= 0.3 is 5.97 Å². The van der Waals surface area contributed by atoms with E-state index >= 15 is 4.39 Å². The van der Waals surface area contributed by atoms with Gasteiger partial charge in [-0.3, -0.25) is 14.4 Å². The molecule has 2 saturated heterocycles. The largest absolute Gasteiger partial charge is 0.489 e. The number of anilines is 1. The van der Waals surface area contributed by atoms with Crippen LogP contribution in [0.15, 0.2) is 18.2 Å². The van der Waals surface area contributed by atoms with Crippen LogP contribution in [0.1, 0.15) is 22.3 Å². The van der Waals surface area contributed by atoms with Gasteiger partial charge in [-0.05, 0) is 17.7 Å². The van der Waals surface area contributed by atoms with Crippen LogP contribution in [0.5, 0.6) is 5.75 Å². The number of nitrogen functional groups attached to an aromatic ring is 1. The maximum atomic E-state index is 15.6. The predicted octanol–water partition coefficient (Wildman–Crippen LogP) is 3.31. The topological polar surface area (TPSA) is 126 Å². The lowest BCUT2D eigenvalue weighted by atomic mass is 9.96. The number of nitriles is 1. The van der Waals surface area contributed by atoms with Crippen molar-refractivity contribution in [3.05, 3.63) is 46.0 Å². The standard InChI is InChI=1S/C25H17ClF2N4O5S/c26-20-19(11-1-2-14(27)22-18(11)13(7-29)23(30)38-22)15(28)5-12-21(20)36-9-10-8-31(3-4-32(10)24(12)34)25(35)16-6-17(33)37-16/h1-2,5,10,16H,3-4,6,8-9,30H2. The van der Waals surface area contributed by atoms with Crippen LogP contribution in [0.3, 0.4) is 0 Å². The first-order valence-corrected chi connectivity index (χ1v) is 12.7. The number of carbonyl (C=O) groups excluding carboxylic acids is 3. The van der Waals surface area contributed by atoms with Crippen molar-refractivity contribution in [1.82, 2.24) is 9.80 Å². The van der Waals surface area contributed by atoms with Gasteiger partial charge < -0.3 is 25.0 Å². The van der Waals surface area contributed by atoms with Gasteiger partial charge in [0.1, 0.15) is 29.3 Å². The molecule has 3 aliphatic heterocycles. The molecule has 0 aliphatic carbocycles. The number of halogens is 3. The van der Waals surface area contributed by atoms with Crippen molar-refractivity contribution in [1.29, 1.82) is 5.26 Å². The third kappa shape index (κ3) is 3.57. The van der Waals surface area contributed by atoms with Crippen LogP contribution in [0, 0.1) is 23.0 Å². The molecular formula is C25H17ClF2N4O5S. The van der Waals surface area contributed by atoms with E-state index in [1.807, 2.05) is 6.07 Å². The number of cyclic esters (lactones) is 1. The lowest BCUT2D eigenvalue weighted by Gasteiger charge is -2.41. The normalized spacial score (nSPS) is 20.6. The molecule has 3 aromatic rings. The minimum Gasteiger partial charge on any atom is -0.489 e. The molecule has 1 aromatic heterocycles. The number of thiophene rings is 1. The summed E-state index contributed by atoms with van der Waals surface area (Å²) in [5.74, 6) is -2.82. The molecule has 2 unspecified atom stereocenters. The van der Waals surface area contributed by atoms with Gasteiger partial charge in [0.2, 0.25) is 0 Å². The summed E-state index contributed by atoms with van der Waals surface area (Å²) >= 11 is 7.52. The van der Waals surface area contributed by atoms with Crippen molar-refractivity contribution in [2.45, 2.75) is 18.6 Å². The number of esters is 1. The summed E-state index contributed by atoms with van der Waals surface area (Å²) in [6.45, 7) is 0.476. The number of nitrogens with two attached hydrogens (primary N) is 1. The Balaban J connectivity index is 1.38. The maximum absolute atomic E-state index is 15.6. The van der Waals surface area contributed by atoms with Gasteiger partial charge in [0.25, 0.3) is 11.8 Å². The van der Waals surface area contributed by atoms with E-state index in [0.717, 1.165) is 23.5 Å². The number of piperazine rings is 1. The van der Waals surface area contributed by atoms with Crippen molar-refractivity contribution in [2.75, 3.05) is 32.0 Å². The molecule has 4 heterocycles. The summed E-state index contributed by atoms with van der Waals surface area (Å²) in [6.07, 6.45) is -0.806. The Labute approximate surface area is 222 Å². The molecule has 2 amide bonds. The zero-order valence-corrected chi connectivity index (χ0v) is 21.0. The van der Waals surface area contributed by atoms with Crippen molar-refractivity contribution in [3.8, 4) is 22.9 Å². The van der Waals surface area contributed by atoms with E-state index < -0.39 is 35.7 Å². The van der Waals surface area contributed by atoms with Gasteiger partial charge in [0, 0.05) is 30.6 Å². The highest BCUT2D eigenvalue weighted by atomic mass is 35.5. The Morgan fingerprint density at radius 2 is 1.97 bits per heavy atom. The van der Waals surface area contributed by atoms with E-state index in [1.54, 1.807) is 0 Å². The van der Waals surface area contributed by atoms with Crippen LogP contribution in [0.25, 0.3) is 21.2 Å². The summed E-state index contributed by atoms with van der Waals surface area (Å²) in [5, 5.41) is 9.62. The molecule has 2 aromatic carbocycles. The summed E-state index contributed by atoms with van der Waals surface area (Å²) < 4.78 is 41.1. The summed E-state index contributed by atoms with van der Waals surface area (Å²) in [7, 11) is 0. The van der Waals surface area contributed by atoms with Crippen LogP contribution in [0.4, 0.5) is 13.8 Å². The van der Waals surface area contributed by atoms with Crippen molar-refractivity contribution >= 4 is 55.8 Å². The van der Waals surface area contributed by atoms with Gasteiger partial charge in [-0.15, -0.1) is 11.3 Å². The number of carbonyl (C=O) groups is 3. The molecule has 6 rings (SSSR count). The molecule has 13 heteroatoms. The fourth-order valence-corrected chi connectivity index (χ4v) is 6.40. The zero-order valence-electron chi connectivity index (χ0n) is 19.4. The first-order chi connectivity index (χ1) is 18.2. The summed E-state index contributed by atoms with van der Waals surface area (Å²) in [4.78, 5) is 40.2. The van der Waals surface area contributed by atoms with E-state index in [9.17, 15) is 24.0 Å². The SMILES string of the molecule is N#Cc1c(N)sc2c(F)ccc(-c3c(F)cc4c(c3Cl)OCC3CN(C(=O)C5CC(=O)O5)CCN3C4=O)c12. The Kier molecular flexibility index (Phi) is 5.66. The van der Waals surface area contributed by atoms with Crippen LogP contribution in [-0.2, 0) is 14.3 Å². The summed E-state index contributed by atoms with van der Waals surface area (Å²) in [6, 6.07) is 4.85. The minimum absolute atomic E-state index is 0.000867. The van der Waals surface area contributed by atoms with Crippen molar-refractivity contribution in [3.63, 3.8) is 0 Å². The second-order valence-corrected chi connectivity index (χ2v) is 10.5. The van der Waals surface area contributed by atoms with Crippen LogP contribution < -0.4 is 10.5 Å². The highest BCUT2D eigenvalue weighted by Crippen LogP contribution is 2.47. The maximum Gasteiger partial charge on any atom is 0.310 e. The van der Waals surface area contributed by atoms with Gasteiger partial charge in [-0.2, -0.15) is 5.26 Å². The Bertz CT molecular complexity index is 1610. The number of hydrogen-bond donors (Lipinski definition) is 1. The highest BCUT2D eigenvalue weighted by Gasteiger charge is 2.43. The number of ether oxygens (including phenoxy) is 2. The molecule has 2 N–H and O–H groups in total. The van der Waals surface area contributed by atoms with Crippen LogP contribution >= 0.6 is 22.9 Å². The van der Waals surface area contributed by atoms with Gasteiger partial charge in [-0.1, -0.05) is 17.7 Å². The lowest BCUT2D eigenvalue weighted by molar-refractivity contribution is -0.180. The molecule has 9 nitrogen and oxygen atoms in total. The molecular weight excluding hydrogens is 542 g/mol. The Morgan fingerprint density at radius 3 is 2.68 bits per heavy atom. The number of amides is 2. The predicted molar refractivity (Wildman–Crippen MR) is 133 cm³/mol. The molecule has 38 heavy (non-hydrogen) atoms. The Hall–Kier alpha value is -3.95. The molecule has 0 spiro atoms. The quantitative estimate of drug-likeness (QED) is 0.478. The van der Waals surface area contributed by atoms with E-state index in [0.29, 0.717) is 0 Å². The second-order valence-electron chi connectivity index (χ2n) is 9.11. The third-order valence-corrected chi connectivity index (χ3v) is 8.37. The Morgan fingerprint density at radius 1 is 1.21 bits per heavy atom. The summed E-state index contributed by atoms with van der Waals surface area (Å²) in [5.41, 5.74) is 5.82. The van der Waals surface area contributed by atoms with Gasteiger partial charge in [0.05, 0.1) is 33.3 Å². The molecule has 2 fully saturated rings. The zero-order chi connectivity index (χ0) is 26.9. The smallest absolute Gasteiger partial charge is 0.310 e. The molecule has 0 saturated carbocycles. The molecule has 2 atom stereocenters. The second kappa shape index (κ2) is 8.82.